The summed E-state index contributed by atoms with van der Waals surface area (Å²) in [5, 5.41) is 4.08. The summed E-state index contributed by atoms with van der Waals surface area (Å²) in [5.41, 5.74) is 1.57. The monoisotopic (exact) mass is 345 g/mol. The number of alkyl halides is 3. The number of oxime groups is 1. The Morgan fingerprint density at radius 3 is 2.56 bits per heavy atom. The Balaban J connectivity index is 1.80. The second kappa shape index (κ2) is 5.37. The van der Waals surface area contributed by atoms with Gasteiger partial charge in [-0.3, -0.25) is 0 Å². The van der Waals surface area contributed by atoms with Crippen LogP contribution in [0.1, 0.15) is 23.1 Å². The van der Waals surface area contributed by atoms with Gasteiger partial charge in [-0.15, -0.1) is 0 Å². The summed E-state index contributed by atoms with van der Waals surface area (Å²) in [6.45, 7) is 1.87. The van der Waals surface area contributed by atoms with E-state index in [2.05, 4.69) is 5.16 Å². The number of hydrogen-bond acceptors (Lipinski definition) is 3. The van der Waals surface area contributed by atoms with Crippen LogP contribution >= 0.6 is 0 Å². The van der Waals surface area contributed by atoms with Crippen molar-refractivity contribution in [2.75, 3.05) is 0 Å². The number of nitrogens with zero attached hydrogens (tertiary/aromatic N) is 1. The van der Waals surface area contributed by atoms with Gasteiger partial charge < -0.3 is 9.57 Å². The molecule has 25 heavy (non-hydrogen) atoms. The van der Waals surface area contributed by atoms with Crippen molar-refractivity contribution in [3.8, 4) is 5.75 Å². The molecule has 0 fully saturated rings. The number of fused-ring (bicyclic) bond motifs is 2. The average Bonchev–Trinajstić information content (AvgIpc) is 3.00. The van der Waals surface area contributed by atoms with Crippen LogP contribution in [0.25, 0.3) is 0 Å². The number of benzene rings is 2. The van der Waals surface area contributed by atoms with E-state index < -0.39 is 17.5 Å². The highest BCUT2D eigenvalue weighted by atomic mass is 19.4. The smallest absolute Gasteiger partial charge is 0.449 e. The van der Waals surface area contributed by atoms with E-state index in [1.165, 1.54) is 6.07 Å². The number of aryl methyl sites for hydroxylation is 1. The summed E-state index contributed by atoms with van der Waals surface area (Å²) in [6.07, 6.45) is -3.40. The zero-order chi connectivity index (χ0) is 17.7. The van der Waals surface area contributed by atoms with Crippen molar-refractivity contribution in [1.82, 2.24) is 0 Å². The third kappa shape index (κ3) is 2.67. The molecule has 0 aromatic heterocycles. The van der Waals surface area contributed by atoms with Crippen LogP contribution in [0.5, 0.6) is 5.75 Å². The molecule has 0 radical (unpaired) electrons. The van der Waals surface area contributed by atoms with Crippen molar-refractivity contribution >= 4 is 5.71 Å². The first-order chi connectivity index (χ1) is 11.9. The Morgan fingerprint density at radius 2 is 1.84 bits per heavy atom. The molecule has 2 heterocycles. The van der Waals surface area contributed by atoms with Crippen molar-refractivity contribution < 1.29 is 22.7 Å². The Bertz CT molecular complexity index is 887. The van der Waals surface area contributed by atoms with E-state index in [9.17, 15) is 13.2 Å². The lowest BCUT2D eigenvalue weighted by atomic mass is 9.84. The zero-order valence-electron chi connectivity index (χ0n) is 13.3. The summed E-state index contributed by atoms with van der Waals surface area (Å²) in [7, 11) is 0. The molecule has 1 atom stereocenters. The summed E-state index contributed by atoms with van der Waals surface area (Å²) in [6, 6.07) is 14.3. The lowest BCUT2D eigenvalue weighted by molar-refractivity contribution is -0.122. The minimum atomic E-state index is -4.60. The van der Waals surface area contributed by atoms with E-state index in [-0.39, 0.29) is 12.2 Å². The average molecular weight is 345 g/mol. The highest BCUT2D eigenvalue weighted by Gasteiger charge is 2.50. The molecule has 0 bridgehead atoms. The van der Waals surface area contributed by atoms with Crippen LogP contribution in [0.4, 0.5) is 13.2 Å². The van der Waals surface area contributed by atoms with Gasteiger partial charge in [0.15, 0.2) is 5.60 Å². The molecule has 0 saturated carbocycles. The maximum absolute atomic E-state index is 13.3. The summed E-state index contributed by atoms with van der Waals surface area (Å²) >= 11 is 0. The van der Waals surface area contributed by atoms with Crippen LogP contribution in [-0.2, 0) is 10.4 Å². The predicted octanol–water partition coefficient (Wildman–Crippen LogP) is 4.85. The van der Waals surface area contributed by atoms with Gasteiger partial charge in [0.25, 0.3) is 0 Å². The molecule has 2 aromatic carbocycles. The molecule has 3 nitrogen and oxygen atoms in total. The Kier molecular flexibility index (Phi) is 3.39. The molecule has 6 heteroatoms. The number of hydrogen-bond donors (Lipinski definition) is 0. The van der Waals surface area contributed by atoms with Crippen LogP contribution in [-0.4, -0.2) is 11.9 Å². The first-order valence-corrected chi connectivity index (χ1v) is 7.77. The van der Waals surface area contributed by atoms with Crippen molar-refractivity contribution in [2.45, 2.75) is 25.1 Å². The molecule has 2 aliphatic heterocycles. The SMILES string of the molecule is Cc1ccc2c(c1)[C@]1(C=C(C(F)(F)F)O2)CC(c2ccccc2)=NO1. The minimum Gasteiger partial charge on any atom is -0.452 e. The minimum absolute atomic E-state index is 0.143. The maximum Gasteiger partial charge on any atom is 0.449 e. The zero-order valence-corrected chi connectivity index (χ0v) is 13.3. The van der Waals surface area contributed by atoms with Gasteiger partial charge in [-0.05, 0) is 24.6 Å². The fourth-order valence-electron chi connectivity index (χ4n) is 3.10. The van der Waals surface area contributed by atoms with Gasteiger partial charge in [-0.25, -0.2) is 0 Å². The number of ether oxygens (including phenoxy) is 1. The van der Waals surface area contributed by atoms with E-state index in [4.69, 9.17) is 9.57 Å². The summed E-state index contributed by atoms with van der Waals surface area (Å²) in [4.78, 5) is 5.59. The van der Waals surface area contributed by atoms with Crippen molar-refractivity contribution in [2.24, 2.45) is 5.16 Å². The van der Waals surface area contributed by atoms with Gasteiger partial charge in [0.05, 0.1) is 5.71 Å². The molecule has 0 amide bonds. The molecule has 0 saturated heterocycles. The van der Waals surface area contributed by atoms with Crippen LogP contribution in [0.15, 0.2) is 65.5 Å². The topological polar surface area (TPSA) is 30.8 Å². The van der Waals surface area contributed by atoms with Crippen molar-refractivity contribution in [1.29, 1.82) is 0 Å². The van der Waals surface area contributed by atoms with Gasteiger partial charge in [0.2, 0.25) is 5.76 Å². The number of rotatable bonds is 1. The van der Waals surface area contributed by atoms with E-state index in [0.29, 0.717) is 11.3 Å². The quantitative estimate of drug-likeness (QED) is 0.739. The standard InChI is InChI=1S/C19H14F3NO2/c1-12-7-8-16-14(9-12)18(11-17(24-16)19(20,21)22)10-15(23-25-18)13-5-3-2-4-6-13/h2-9,11H,10H2,1H3/t18-/m1/s1. The molecule has 2 aromatic rings. The number of allylic oxidation sites excluding steroid dienone is 1. The van der Waals surface area contributed by atoms with E-state index in [1.807, 2.05) is 37.3 Å². The first kappa shape index (κ1) is 15.7. The normalized spacial score (nSPS) is 21.9. The third-order valence-corrected chi connectivity index (χ3v) is 4.31. The molecular formula is C19H14F3NO2. The maximum atomic E-state index is 13.3. The van der Waals surface area contributed by atoms with Gasteiger partial charge >= 0.3 is 6.18 Å². The fraction of sp³-hybridized carbons (Fsp3) is 0.211. The molecule has 0 aliphatic carbocycles. The summed E-state index contributed by atoms with van der Waals surface area (Å²) < 4.78 is 44.9. The largest absolute Gasteiger partial charge is 0.452 e. The van der Waals surface area contributed by atoms with Crippen molar-refractivity contribution in [3.05, 3.63) is 77.1 Å². The highest BCUT2D eigenvalue weighted by molar-refractivity contribution is 6.02. The van der Waals surface area contributed by atoms with E-state index >= 15 is 0 Å². The predicted molar refractivity (Wildman–Crippen MR) is 86.3 cm³/mol. The van der Waals surface area contributed by atoms with E-state index in [1.54, 1.807) is 12.1 Å². The highest BCUT2D eigenvalue weighted by Crippen LogP contribution is 2.48. The molecule has 0 unspecified atom stereocenters. The van der Waals surface area contributed by atoms with Crippen LogP contribution in [0.2, 0.25) is 0 Å². The Hall–Kier alpha value is -2.76. The van der Waals surface area contributed by atoms with Gasteiger partial charge in [-0.1, -0.05) is 47.1 Å². The molecule has 1 spiro atoms. The van der Waals surface area contributed by atoms with Crippen LogP contribution < -0.4 is 4.74 Å². The van der Waals surface area contributed by atoms with Crippen LogP contribution in [0.3, 0.4) is 0 Å². The molecule has 0 N–H and O–H groups in total. The summed E-state index contributed by atoms with van der Waals surface area (Å²) in [5.74, 6) is -0.932. The number of halogens is 3. The third-order valence-electron chi connectivity index (χ3n) is 4.31. The van der Waals surface area contributed by atoms with Crippen molar-refractivity contribution in [3.63, 3.8) is 0 Å². The Morgan fingerprint density at radius 1 is 1.08 bits per heavy atom. The second-order valence-corrected chi connectivity index (χ2v) is 6.17. The molecular weight excluding hydrogens is 331 g/mol. The van der Waals surface area contributed by atoms with Gasteiger partial charge in [0.1, 0.15) is 5.75 Å². The second-order valence-electron chi connectivity index (χ2n) is 6.17. The molecule has 128 valence electrons. The van der Waals surface area contributed by atoms with E-state index in [0.717, 1.165) is 17.2 Å². The fourth-order valence-corrected chi connectivity index (χ4v) is 3.10. The first-order valence-electron chi connectivity index (χ1n) is 7.77. The van der Waals surface area contributed by atoms with Crippen LogP contribution in [0, 0.1) is 6.92 Å². The lowest BCUT2D eigenvalue weighted by Crippen LogP contribution is -2.33. The lowest BCUT2D eigenvalue weighted by Gasteiger charge is -2.32. The Labute approximate surface area is 142 Å². The van der Waals surface area contributed by atoms with Gasteiger partial charge in [0, 0.05) is 18.1 Å². The molecule has 4 rings (SSSR count). The van der Waals surface area contributed by atoms with Gasteiger partial charge in [-0.2, -0.15) is 13.2 Å². The molecule has 2 aliphatic rings.